The number of nitrogens with one attached hydrogen (secondary N) is 1. The van der Waals surface area contributed by atoms with Gasteiger partial charge in [-0.15, -0.1) is 0 Å². The summed E-state index contributed by atoms with van der Waals surface area (Å²) in [7, 11) is -2.84. The minimum Gasteiger partial charge on any atom is -0.465 e. The number of carbonyl (C=O) groups excluding carboxylic acids is 1. The smallest absolute Gasteiger partial charge is 0.337 e. The molecule has 3 rings (SSSR count). The van der Waals surface area contributed by atoms with Gasteiger partial charge in [0.25, 0.3) is 0 Å². The third-order valence-corrected chi connectivity index (χ3v) is 6.24. The fourth-order valence-corrected chi connectivity index (χ4v) is 4.15. The van der Waals surface area contributed by atoms with Crippen molar-refractivity contribution in [3.63, 3.8) is 0 Å². The van der Waals surface area contributed by atoms with E-state index in [-0.39, 0.29) is 27.9 Å². The minimum atomic E-state index is -4.04. The molecule has 0 fully saturated rings. The first-order valence-electron chi connectivity index (χ1n) is 9.01. The van der Waals surface area contributed by atoms with Gasteiger partial charge in [-0.1, -0.05) is 54.9 Å². The molecule has 0 saturated carbocycles. The van der Waals surface area contributed by atoms with Gasteiger partial charge in [0.2, 0.25) is 21.7 Å². The summed E-state index contributed by atoms with van der Waals surface area (Å²) in [5, 5.41) is 3.86. The van der Waals surface area contributed by atoms with E-state index in [4.69, 9.17) is 16.1 Å². The van der Waals surface area contributed by atoms with Gasteiger partial charge in [0.05, 0.1) is 24.2 Å². The van der Waals surface area contributed by atoms with Crippen molar-refractivity contribution in [2.24, 2.45) is 0 Å². The molecule has 2 aromatic carbocycles. The van der Waals surface area contributed by atoms with Gasteiger partial charge in [0, 0.05) is 5.56 Å². The van der Waals surface area contributed by atoms with Crippen LogP contribution in [0.25, 0.3) is 11.4 Å². The lowest BCUT2D eigenvalue weighted by molar-refractivity contribution is 0.0600. The van der Waals surface area contributed by atoms with Crippen LogP contribution in [0, 0.1) is 0 Å². The van der Waals surface area contributed by atoms with E-state index in [9.17, 15) is 13.2 Å². The summed E-state index contributed by atoms with van der Waals surface area (Å²) in [4.78, 5) is 15.6. The summed E-state index contributed by atoms with van der Waals surface area (Å²) < 4.78 is 37.4. The Bertz CT molecular complexity index is 1160. The Balaban J connectivity index is 1.75. The van der Waals surface area contributed by atoms with Crippen LogP contribution in [0.15, 0.2) is 51.9 Å². The topological polar surface area (TPSA) is 111 Å². The number of halogens is 1. The van der Waals surface area contributed by atoms with Gasteiger partial charge in [0.1, 0.15) is 4.90 Å². The Kier molecular flexibility index (Phi) is 6.55. The van der Waals surface area contributed by atoms with E-state index in [1.807, 2.05) is 24.3 Å². The lowest BCUT2D eigenvalue weighted by Crippen LogP contribution is -2.24. The Morgan fingerprint density at radius 3 is 2.53 bits per heavy atom. The van der Waals surface area contributed by atoms with Crippen molar-refractivity contribution in [1.29, 1.82) is 0 Å². The third kappa shape index (κ3) is 4.86. The van der Waals surface area contributed by atoms with Crippen LogP contribution in [0.5, 0.6) is 0 Å². The van der Waals surface area contributed by atoms with Crippen molar-refractivity contribution in [1.82, 2.24) is 14.9 Å². The van der Waals surface area contributed by atoms with Crippen molar-refractivity contribution in [3.8, 4) is 11.4 Å². The molecule has 0 spiro atoms. The maximum Gasteiger partial charge on any atom is 0.337 e. The first-order chi connectivity index (χ1) is 14.2. The van der Waals surface area contributed by atoms with E-state index in [0.717, 1.165) is 11.6 Å². The van der Waals surface area contributed by atoms with Gasteiger partial charge >= 0.3 is 5.97 Å². The van der Waals surface area contributed by atoms with Crippen LogP contribution in [-0.2, 0) is 21.3 Å². The Labute approximate surface area is 179 Å². The van der Waals surface area contributed by atoms with Gasteiger partial charge in [-0.2, -0.15) is 4.98 Å². The number of carbonyl (C=O) groups is 1. The summed E-state index contributed by atoms with van der Waals surface area (Å²) in [6.07, 6.45) is 0. The van der Waals surface area contributed by atoms with E-state index in [0.29, 0.717) is 11.7 Å². The summed E-state index contributed by atoms with van der Waals surface area (Å²) >= 11 is 6.01. The maximum atomic E-state index is 12.6. The molecule has 0 aliphatic rings. The average molecular weight is 450 g/mol. The first-order valence-corrected chi connectivity index (χ1v) is 10.9. The molecular weight excluding hydrogens is 430 g/mol. The highest BCUT2D eigenvalue weighted by Crippen LogP contribution is 2.24. The fraction of sp³-hybridized carbons (Fsp3) is 0.250. The second-order valence-corrected chi connectivity index (χ2v) is 8.89. The normalized spacial score (nSPS) is 11.6. The van der Waals surface area contributed by atoms with Crippen LogP contribution in [0.1, 0.15) is 41.6 Å². The van der Waals surface area contributed by atoms with Gasteiger partial charge in [-0.3, -0.25) is 0 Å². The maximum absolute atomic E-state index is 12.6. The van der Waals surface area contributed by atoms with Crippen molar-refractivity contribution in [2.45, 2.75) is 31.2 Å². The van der Waals surface area contributed by atoms with Crippen LogP contribution in [0.2, 0.25) is 5.02 Å². The number of rotatable bonds is 7. The predicted octanol–water partition coefficient (Wildman–Crippen LogP) is 3.78. The molecule has 1 aromatic heterocycles. The third-order valence-electron chi connectivity index (χ3n) is 4.36. The van der Waals surface area contributed by atoms with E-state index in [2.05, 4.69) is 33.4 Å². The van der Waals surface area contributed by atoms with Gasteiger partial charge < -0.3 is 9.26 Å². The molecule has 8 nitrogen and oxygen atoms in total. The molecule has 0 saturated heterocycles. The number of nitrogens with zero attached hydrogens (tertiary/aromatic N) is 2. The van der Waals surface area contributed by atoms with E-state index in [1.54, 1.807) is 0 Å². The minimum absolute atomic E-state index is 0.0355. The molecule has 1 N–H and O–H groups in total. The Hall–Kier alpha value is -2.75. The van der Waals surface area contributed by atoms with Crippen LogP contribution in [-0.4, -0.2) is 31.6 Å². The number of methoxy groups -OCH3 is 1. The van der Waals surface area contributed by atoms with Crippen molar-refractivity contribution < 1.29 is 22.5 Å². The van der Waals surface area contributed by atoms with E-state index >= 15 is 0 Å². The lowest BCUT2D eigenvalue weighted by atomic mass is 10.0. The predicted molar refractivity (Wildman–Crippen MR) is 111 cm³/mol. The monoisotopic (exact) mass is 449 g/mol. The zero-order valence-electron chi connectivity index (χ0n) is 16.5. The summed E-state index contributed by atoms with van der Waals surface area (Å²) in [5.41, 5.74) is 2.00. The molecule has 0 unspecified atom stereocenters. The number of sulfonamides is 1. The number of aromatic nitrogens is 2. The molecule has 3 aromatic rings. The standard InChI is InChI=1S/C20H20ClN3O5S/c1-12(2)13-4-6-14(7-5-13)19-23-18(29-24-19)11-22-30(26,27)17-10-15(20(25)28-3)8-9-16(17)21/h4-10,12,22H,11H2,1-3H3. The molecule has 0 amide bonds. The Morgan fingerprint density at radius 2 is 1.90 bits per heavy atom. The van der Waals surface area contributed by atoms with E-state index in [1.165, 1.54) is 24.8 Å². The number of hydrogen-bond acceptors (Lipinski definition) is 7. The number of ether oxygens (including phenoxy) is 1. The first kappa shape index (κ1) is 21.9. The molecular formula is C20H20ClN3O5S. The van der Waals surface area contributed by atoms with Crippen molar-refractivity contribution >= 4 is 27.6 Å². The van der Waals surface area contributed by atoms with Crippen molar-refractivity contribution in [2.75, 3.05) is 7.11 Å². The molecule has 0 atom stereocenters. The molecule has 0 aliphatic carbocycles. The summed E-state index contributed by atoms with van der Waals surface area (Å²) in [6.45, 7) is 3.96. The Morgan fingerprint density at radius 1 is 1.20 bits per heavy atom. The second-order valence-electron chi connectivity index (χ2n) is 6.75. The molecule has 0 bridgehead atoms. The van der Waals surface area contributed by atoms with E-state index < -0.39 is 16.0 Å². The summed E-state index contributed by atoms with van der Waals surface area (Å²) in [5.74, 6) is 0.166. The highest BCUT2D eigenvalue weighted by atomic mass is 35.5. The van der Waals surface area contributed by atoms with Gasteiger partial charge in [-0.05, 0) is 29.7 Å². The van der Waals surface area contributed by atoms with Crippen LogP contribution in [0.3, 0.4) is 0 Å². The zero-order chi connectivity index (χ0) is 21.9. The number of esters is 1. The molecule has 0 radical (unpaired) electrons. The highest BCUT2D eigenvalue weighted by Gasteiger charge is 2.21. The highest BCUT2D eigenvalue weighted by molar-refractivity contribution is 7.89. The van der Waals surface area contributed by atoms with Gasteiger partial charge in [0.15, 0.2) is 0 Å². The molecule has 1 heterocycles. The van der Waals surface area contributed by atoms with Crippen LogP contribution in [0.4, 0.5) is 0 Å². The second kappa shape index (κ2) is 8.95. The molecule has 0 aliphatic heterocycles. The number of hydrogen-bond donors (Lipinski definition) is 1. The quantitative estimate of drug-likeness (QED) is 0.546. The fourth-order valence-electron chi connectivity index (χ4n) is 2.65. The SMILES string of the molecule is COC(=O)c1ccc(Cl)c(S(=O)(=O)NCc2nc(-c3ccc(C(C)C)cc3)no2)c1. The van der Waals surface area contributed by atoms with Gasteiger partial charge in [-0.25, -0.2) is 17.9 Å². The van der Waals surface area contributed by atoms with Crippen LogP contribution >= 0.6 is 11.6 Å². The number of benzene rings is 2. The average Bonchev–Trinajstić information content (AvgIpc) is 3.21. The molecule has 158 valence electrons. The zero-order valence-corrected chi connectivity index (χ0v) is 18.1. The largest absolute Gasteiger partial charge is 0.465 e. The molecule has 30 heavy (non-hydrogen) atoms. The summed E-state index contributed by atoms with van der Waals surface area (Å²) in [6, 6.07) is 11.6. The van der Waals surface area contributed by atoms with Crippen LogP contribution < -0.4 is 4.72 Å². The van der Waals surface area contributed by atoms with Crippen molar-refractivity contribution in [3.05, 3.63) is 64.5 Å². The molecule has 10 heteroatoms. The lowest BCUT2D eigenvalue weighted by Gasteiger charge is -2.08.